The number of benzene rings is 1. The minimum Gasteiger partial charge on any atom is -0.473 e. The lowest BCUT2D eigenvalue weighted by molar-refractivity contribution is 0.102. The van der Waals surface area contributed by atoms with Gasteiger partial charge in [0.1, 0.15) is 22.4 Å². The van der Waals surface area contributed by atoms with Gasteiger partial charge in [-0.15, -0.1) is 0 Å². The number of thiazole rings is 1. The molecule has 0 spiro atoms. The van der Waals surface area contributed by atoms with Gasteiger partial charge in [0.25, 0.3) is 11.1 Å². The summed E-state index contributed by atoms with van der Waals surface area (Å²) in [4.78, 5) is 24.6. The van der Waals surface area contributed by atoms with Crippen molar-refractivity contribution in [3.05, 3.63) is 36.0 Å². The zero-order chi connectivity index (χ0) is 22.4. The summed E-state index contributed by atoms with van der Waals surface area (Å²) in [5, 5.41) is 11.3. The Morgan fingerprint density at radius 2 is 1.94 bits per heavy atom. The quantitative estimate of drug-likeness (QED) is 0.492. The third-order valence-corrected chi connectivity index (χ3v) is 6.58. The topological polar surface area (TPSA) is 97.2 Å². The lowest BCUT2D eigenvalue weighted by Crippen LogP contribution is -2.54. The summed E-state index contributed by atoms with van der Waals surface area (Å²) in [6, 6.07) is 8.20. The van der Waals surface area contributed by atoms with E-state index in [0.29, 0.717) is 34.2 Å². The van der Waals surface area contributed by atoms with E-state index in [4.69, 9.17) is 4.74 Å². The molecule has 1 amide bonds. The predicted octanol–water partition coefficient (Wildman–Crippen LogP) is 3.03. The van der Waals surface area contributed by atoms with E-state index < -0.39 is 0 Å². The number of methoxy groups -OCH3 is 1. The summed E-state index contributed by atoms with van der Waals surface area (Å²) < 4.78 is 8.06. The molecule has 0 bridgehead atoms. The molecule has 0 saturated carbocycles. The van der Waals surface area contributed by atoms with Crippen molar-refractivity contribution in [1.82, 2.24) is 25.1 Å². The molecule has 4 heterocycles. The van der Waals surface area contributed by atoms with Crippen molar-refractivity contribution >= 4 is 50.0 Å². The van der Waals surface area contributed by atoms with Crippen LogP contribution in [0.4, 0.5) is 11.5 Å². The minimum absolute atomic E-state index is 0.257. The number of pyridine rings is 1. The lowest BCUT2D eigenvalue weighted by Gasteiger charge is -2.37. The number of hydrogen-bond donors (Lipinski definition) is 2. The molecule has 3 aromatic heterocycles. The second-order valence-corrected chi connectivity index (χ2v) is 9.19. The molecular weight excluding hydrogens is 426 g/mol. The standard InChI is InChI=1S/C22H25N7O2S/c1-12-9-29(10-13(2)23-12)17-7-5-14(19-20(17)32-22(26-19)31-4)21(30)25-18-8-6-15-16(24-18)11-28(3)27-15/h5-8,11-13,23H,9-10H2,1-4H3,(H,24,25,30)/t12-,13-/m0/s1. The highest BCUT2D eigenvalue weighted by atomic mass is 32.1. The Labute approximate surface area is 189 Å². The normalized spacial score (nSPS) is 18.9. The van der Waals surface area contributed by atoms with Gasteiger partial charge in [-0.25, -0.2) is 9.97 Å². The summed E-state index contributed by atoms with van der Waals surface area (Å²) in [6.07, 6.45) is 1.82. The Hall–Kier alpha value is -3.24. The summed E-state index contributed by atoms with van der Waals surface area (Å²) >= 11 is 1.46. The molecule has 1 fully saturated rings. The van der Waals surface area contributed by atoms with Crippen LogP contribution in [0.2, 0.25) is 0 Å². The number of carbonyl (C=O) groups excluding carboxylic acids is 1. The van der Waals surface area contributed by atoms with E-state index in [1.165, 1.54) is 11.3 Å². The second-order valence-electron chi connectivity index (χ2n) is 8.23. The minimum atomic E-state index is -0.257. The molecule has 1 aliphatic rings. The Morgan fingerprint density at radius 1 is 1.16 bits per heavy atom. The maximum absolute atomic E-state index is 13.2. The van der Waals surface area contributed by atoms with E-state index in [9.17, 15) is 4.79 Å². The number of fused-ring (bicyclic) bond motifs is 2. The molecule has 1 aromatic carbocycles. The number of nitrogens with zero attached hydrogens (tertiary/aromatic N) is 5. The Kier molecular flexibility index (Phi) is 5.18. The number of piperazine rings is 1. The van der Waals surface area contributed by atoms with Crippen molar-refractivity contribution in [2.45, 2.75) is 25.9 Å². The monoisotopic (exact) mass is 451 g/mol. The lowest BCUT2D eigenvalue weighted by atomic mass is 10.1. The zero-order valence-electron chi connectivity index (χ0n) is 18.4. The van der Waals surface area contributed by atoms with E-state index in [1.807, 2.05) is 31.4 Å². The van der Waals surface area contributed by atoms with E-state index in [1.54, 1.807) is 17.9 Å². The van der Waals surface area contributed by atoms with Crippen LogP contribution < -0.4 is 20.3 Å². The Bertz CT molecular complexity index is 1300. The van der Waals surface area contributed by atoms with Crippen LogP contribution in [0.3, 0.4) is 0 Å². The molecule has 0 unspecified atom stereocenters. The number of ether oxygens (including phenoxy) is 1. The number of aromatic nitrogens is 4. The fraction of sp³-hybridized carbons (Fsp3) is 0.364. The van der Waals surface area contributed by atoms with Gasteiger partial charge in [-0.1, -0.05) is 11.3 Å². The van der Waals surface area contributed by atoms with Gasteiger partial charge in [0.2, 0.25) is 0 Å². The van der Waals surface area contributed by atoms with Crippen LogP contribution in [-0.2, 0) is 7.05 Å². The number of amides is 1. The highest BCUT2D eigenvalue weighted by Crippen LogP contribution is 2.38. The zero-order valence-corrected chi connectivity index (χ0v) is 19.2. The van der Waals surface area contributed by atoms with E-state index in [2.05, 4.69) is 44.4 Å². The van der Waals surface area contributed by atoms with Crippen molar-refractivity contribution in [2.75, 3.05) is 30.4 Å². The van der Waals surface area contributed by atoms with Crippen LogP contribution in [0.5, 0.6) is 5.19 Å². The summed E-state index contributed by atoms with van der Waals surface area (Å²) in [5.74, 6) is 0.215. The Balaban J connectivity index is 1.50. The molecule has 4 aromatic rings. The molecule has 9 nitrogen and oxygen atoms in total. The number of carbonyl (C=O) groups is 1. The predicted molar refractivity (Wildman–Crippen MR) is 127 cm³/mol. The molecule has 0 radical (unpaired) electrons. The van der Waals surface area contributed by atoms with Gasteiger partial charge in [0.15, 0.2) is 0 Å². The number of aryl methyl sites for hydroxylation is 1. The van der Waals surface area contributed by atoms with Gasteiger partial charge in [-0.2, -0.15) is 5.10 Å². The highest BCUT2D eigenvalue weighted by Gasteiger charge is 2.25. The molecule has 2 atom stereocenters. The van der Waals surface area contributed by atoms with Crippen LogP contribution in [0.1, 0.15) is 24.2 Å². The van der Waals surface area contributed by atoms with Crippen LogP contribution in [0, 0.1) is 0 Å². The first-order chi connectivity index (χ1) is 15.4. The maximum atomic E-state index is 13.2. The maximum Gasteiger partial charge on any atom is 0.274 e. The van der Waals surface area contributed by atoms with Crippen molar-refractivity contribution < 1.29 is 9.53 Å². The molecule has 1 saturated heterocycles. The molecule has 0 aliphatic carbocycles. The Morgan fingerprint density at radius 3 is 2.69 bits per heavy atom. The van der Waals surface area contributed by atoms with E-state index in [0.717, 1.165) is 34.5 Å². The van der Waals surface area contributed by atoms with Crippen molar-refractivity contribution in [2.24, 2.45) is 7.05 Å². The fourth-order valence-electron chi connectivity index (χ4n) is 4.29. The largest absolute Gasteiger partial charge is 0.473 e. The number of hydrogen-bond acceptors (Lipinski definition) is 8. The van der Waals surface area contributed by atoms with Crippen LogP contribution in [-0.4, -0.2) is 57.9 Å². The number of anilines is 2. The first-order valence-electron chi connectivity index (χ1n) is 10.5. The molecule has 1 aliphatic heterocycles. The van der Waals surface area contributed by atoms with E-state index >= 15 is 0 Å². The molecule has 5 rings (SSSR count). The fourth-order valence-corrected chi connectivity index (χ4v) is 5.24. The van der Waals surface area contributed by atoms with Gasteiger partial charge < -0.3 is 20.3 Å². The molecule has 32 heavy (non-hydrogen) atoms. The van der Waals surface area contributed by atoms with Crippen molar-refractivity contribution in [1.29, 1.82) is 0 Å². The van der Waals surface area contributed by atoms with Gasteiger partial charge >= 0.3 is 0 Å². The summed E-state index contributed by atoms with van der Waals surface area (Å²) in [7, 11) is 3.44. The smallest absolute Gasteiger partial charge is 0.274 e. The number of rotatable bonds is 4. The van der Waals surface area contributed by atoms with Gasteiger partial charge in [-0.3, -0.25) is 9.48 Å². The van der Waals surface area contributed by atoms with Crippen LogP contribution >= 0.6 is 11.3 Å². The van der Waals surface area contributed by atoms with Crippen molar-refractivity contribution in [3.63, 3.8) is 0 Å². The van der Waals surface area contributed by atoms with E-state index in [-0.39, 0.29) is 5.91 Å². The summed E-state index contributed by atoms with van der Waals surface area (Å²) in [5.41, 5.74) is 3.72. The molecular formula is C22H25N7O2S. The SMILES string of the molecule is COc1nc2c(C(=O)Nc3ccc4nn(C)cc4n3)ccc(N3C[C@H](C)N[C@@H](C)C3)c2s1. The average molecular weight is 452 g/mol. The molecule has 10 heteroatoms. The first kappa shape index (κ1) is 20.7. The summed E-state index contributed by atoms with van der Waals surface area (Å²) in [6.45, 7) is 6.14. The molecule has 166 valence electrons. The third-order valence-electron chi connectivity index (χ3n) is 5.54. The second kappa shape index (κ2) is 8.03. The third kappa shape index (κ3) is 3.76. The van der Waals surface area contributed by atoms with Gasteiger partial charge in [0.05, 0.1) is 29.3 Å². The van der Waals surface area contributed by atoms with Crippen molar-refractivity contribution in [3.8, 4) is 5.19 Å². The average Bonchev–Trinajstić information content (AvgIpc) is 3.34. The van der Waals surface area contributed by atoms with Gasteiger partial charge in [-0.05, 0) is 38.1 Å². The van der Waals surface area contributed by atoms with Crippen LogP contribution in [0.25, 0.3) is 21.3 Å². The van der Waals surface area contributed by atoms with Gasteiger partial charge in [0, 0.05) is 32.2 Å². The first-order valence-corrected chi connectivity index (χ1v) is 11.3. The molecule has 2 N–H and O–H groups in total. The van der Waals surface area contributed by atoms with Crippen LogP contribution in [0.15, 0.2) is 30.5 Å². The number of nitrogens with one attached hydrogen (secondary N) is 2. The highest BCUT2D eigenvalue weighted by molar-refractivity contribution is 7.21.